The molecule has 0 aliphatic rings. The summed E-state index contributed by atoms with van der Waals surface area (Å²) in [5.41, 5.74) is 0.919. The molecule has 0 atom stereocenters. The van der Waals surface area contributed by atoms with Crippen molar-refractivity contribution in [3.8, 4) is 0 Å². The van der Waals surface area contributed by atoms with E-state index in [1.54, 1.807) is 31.4 Å². The van der Waals surface area contributed by atoms with Crippen molar-refractivity contribution in [3.63, 3.8) is 0 Å². The van der Waals surface area contributed by atoms with Crippen LogP contribution < -0.4 is 0 Å². The van der Waals surface area contributed by atoms with E-state index in [1.165, 1.54) is 4.90 Å². The van der Waals surface area contributed by atoms with Gasteiger partial charge in [0.05, 0.1) is 6.61 Å². The average molecular weight is 302 g/mol. The first-order valence-electron chi connectivity index (χ1n) is 5.21. The van der Waals surface area contributed by atoms with E-state index < -0.39 is 0 Å². The lowest BCUT2D eigenvalue weighted by molar-refractivity contribution is 0.151. The highest BCUT2D eigenvalue weighted by Crippen LogP contribution is 2.12. The first-order chi connectivity index (χ1) is 8.04. The van der Waals surface area contributed by atoms with Gasteiger partial charge in [0.15, 0.2) is 0 Å². The molecule has 0 spiro atoms. The molecule has 0 saturated heterocycles. The Labute approximate surface area is 109 Å². The summed E-state index contributed by atoms with van der Waals surface area (Å²) in [7, 11) is 3.37. The van der Waals surface area contributed by atoms with Gasteiger partial charge in [0.1, 0.15) is 0 Å². The summed E-state index contributed by atoms with van der Waals surface area (Å²) >= 11 is 3.33. The molecule has 0 aliphatic heterocycles. The van der Waals surface area contributed by atoms with E-state index in [0.717, 1.165) is 10.0 Å². The molecule has 1 heterocycles. The van der Waals surface area contributed by atoms with Crippen LogP contribution in [0.15, 0.2) is 22.9 Å². The van der Waals surface area contributed by atoms with E-state index in [4.69, 9.17) is 5.11 Å². The second-order valence-electron chi connectivity index (χ2n) is 3.83. The van der Waals surface area contributed by atoms with Crippen LogP contribution in [0.5, 0.6) is 0 Å². The molecule has 2 amide bonds. The lowest BCUT2D eigenvalue weighted by atomic mass is 10.2. The highest BCUT2D eigenvalue weighted by atomic mass is 79.9. The standard InChI is InChI=1S/C11H16BrN3O2/c1-14(2)11(17)15(3-4-16)8-9-5-10(12)7-13-6-9/h5-7,16H,3-4,8H2,1-2H3. The first kappa shape index (κ1) is 13.9. The molecule has 0 bridgehead atoms. The smallest absolute Gasteiger partial charge is 0.319 e. The minimum Gasteiger partial charge on any atom is -0.395 e. The largest absolute Gasteiger partial charge is 0.395 e. The number of amides is 2. The van der Waals surface area contributed by atoms with Crippen molar-refractivity contribution in [1.29, 1.82) is 0 Å². The van der Waals surface area contributed by atoms with Gasteiger partial charge >= 0.3 is 6.03 Å². The average Bonchev–Trinajstić information content (AvgIpc) is 2.27. The van der Waals surface area contributed by atoms with Gasteiger partial charge in [-0.3, -0.25) is 4.98 Å². The number of carbonyl (C=O) groups excluding carboxylic acids is 1. The number of halogens is 1. The molecule has 0 aromatic carbocycles. The normalized spacial score (nSPS) is 10.1. The van der Waals surface area contributed by atoms with Gasteiger partial charge in [0.2, 0.25) is 0 Å². The number of aliphatic hydroxyl groups is 1. The molecular weight excluding hydrogens is 286 g/mol. The molecule has 0 saturated carbocycles. The number of hydrogen-bond acceptors (Lipinski definition) is 3. The maximum Gasteiger partial charge on any atom is 0.319 e. The lowest BCUT2D eigenvalue weighted by Gasteiger charge is -2.25. The minimum absolute atomic E-state index is 0.0546. The molecule has 5 nitrogen and oxygen atoms in total. The number of urea groups is 1. The fourth-order valence-electron chi connectivity index (χ4n) is 1.41. The van der Waals surface area contributed by atoms with Crippen molar-refractivity contribution in [2.45, 2.75) is 6.54 Å². The first-order valence-corrected chi connectivity index (χ1v) is 6.00. The second-order valence-corrected chi connectivity index (χ2v) is 4.75. The molecule has 1 N–H and O–H groups in total. The summed E-state index contributed by atoms with van der Waals surface area (Å²) < 4.78 is 0.872. The number of pyridine rings is 1. The van der Waals surface area contributed by atoms with Crippen LogP contribution in [0.25, 0.3) is 0 Å². The van der Waals surface area contributed by atoms with Gasteiger partial charge in [-0.1, -0.05) is 0 Å². The van der Waals surface area contributed by atoms with Crippen LogP contribution in [0.1, 0.15) is 5.56 Å². The Morgan fingerprint density at radius 2 is 2.18 bits per heavy atom. The zero-order valence-corrected chi connectivity index (χ0v) is 11.5. The summed E-state index contributed by atoms with van der Waals surface area (Å²) in [6.07, 6.45) is 3.39. The molecule has 0 unspecified atom stereocenters. The third kappa shape index (κ3) is 4.32. The Hall–Kier alpha value is -1.14. The number of aromatic nitrogens is 1. The summed E-state index contributed by atoms with van der Waals surface area (Å²) in [5, 5.41) is 8.96. The molecule has 17 heavy (non-hydrogen) atoms. The van der Waals surface area contributed by atoms with Crippen molar-refractivity contribution in [3.05, 3.63) is 28.5 Å². The van der Waals surface area contributed by atoms with Crippen LogP contribution in [-0.4, -0.2) is 53.2 Å². The number of rotatable bonds is 4. The van der Waals surface area contributed by atoms with Crippen molar-refractivity contribution < 1.29 is 9.90 Å². The Balaban J connectivity index is 2.76. The number of aliphatic hydroxyl groups excluding tert-OH is 1. The molecule has 94 valence electrons. The van der Waals surface area contributed by atoms with Gasteiger partial charge in [-0.05, 0) is 27.6 Å². The quantitative estimate of drug-likeness (QED) is 0.912. The molecule has 1 aromatic heterocycles. The molecule has 1 rings (SSSR count). The van der Waals surface area contributed by atoms with Crippen LogP contribution in [0.3, 0.4) is 0 Å². The van der Waals surface area contributed by atoms with Crippen molar-refractivity contribution in [2.24, 2.45) is 0 Å². The van der Waals surface area contributed by atoms with Gasteiger partial charge in [-0.15, -0.1) is 0 Å². The second kappa shape index (κ2) is 6.56. The molecular formula is C11H16BrN3O2. The zero-order valence-electron chi connectivity index (χ0n) is 9.93. The third-order valence-corrected chi connectivity index (χ3v) is 2.59. The third-order valence-electron chi connectivity index (χ3n) is 2.16. The van der Waals surface area contributed by atoms with E-state index in [2.05, 4.69) is 20.9 Å². The van der Waals surface area contributed by atoms with Gasteiger partial charge in [0.25, 0.3) is 0 Å². The molecule has 1 aromatic rings. The molecule has 0 fully saturated rings. The minimum atomic E-state index is -0.126. The lowest BCUT2D eigenvalue weighted by Crippen LogP contribution is -2.40. The van der Waals surface area contributed by atoms with E-state index >= 15 is 0 Å². The summed E-state index contributed by atoms with van der Waals surface area (Å²) in [6, 6.07) is 1.78. The van der Waals surface area contributed by atoms with Gasteiger partial charge in [-0.2, -0.15) is 0 Å². The van der Waals surface area contributed by atoms with E-state index in [9.17, 15) is 4.79 Å². The van der Waals surface area contributed by atoms with Gasteiger partial charge in [-0.25, -0.2) is 4.79 Å². The van der Waals surface area contributed by atoms with Crippen LogP contribution in [0.4, 0.5) is 4.79 Å². The molecule has 6 heteroatoms. The Bertz CT molecular complexity index is 385. The van der Waals surface area contributed by atoms with Crippen molar-refractivity contribution >= 4 is 22.0 Å². The Kier molecular flexibility index (Phi) is 5.37. The number of carbonyl (C=O) groups is 1. The van der Waals surface area contributed by atoms with Crippen molar-refractivity contribution in [1.82, 2.24) is 14.8 Å². The topological polar surface area (TPSA) is 56.7 Å². The van der Waals surface area contributed by atoms with E-state index in [-0.39, 0.29) is 12.6 Å². The van der Waals surface area contributed by atoms with E-state index in [0.29, 0.717) is 13.1 Å². The summed E-state index contributed by atoms with van der Waals surface area (Å²) in [5.74, 6) is 0. The highest BCUT2D eigenvalue weighted by molar-refractivity contribution is 9.10. The number of hydrogen-bond donors (Lipinski definition) is 1. The summed E-state index contributed by atoms with van der Waals surface area (Å²) in [6.45, 7) is 0.689. The Morgan fingerprint density at radius 1 is 1.47 bits per heavy atom. The number of nitrogens with zero attached hydrogens (tertiary/aromatic N) is 3. The maximum atomic E-state index is 11.8. The fourth-order valence-corrected chi connectivity index (χ4v) is 1.82. The predicted molar refractivity (Wildman–Crippen MR) is 68.5 cm³/mol. The molecule has 0 radical (unpaired) electrons. The zero-order chi connectivity index (χ0) is 12.8. The van der Waals surface area contributed by atoms with Crippen LogP contribution in [-0.2, 0) is 6.54 Å². The summed E-state index contributed by atoms with van der Waals surface area (Å²) in [4.78, 5) is 18.9. The van der Waals surface area contributed by atoms with Crippen molar-refractivity contribution in [2.75, 3.05) is 27.2 Å². The van der Waals surface area contributed by atoms with Crippen LogP contribution in [0, 0.1) is 0 Å². The van der Waals surface area contributed by atoms with Gasteiger partial charge in [0, 0.05) is 44.1 Å². The van der Waals surface area contributed by atoms with E-state index in [1.807, 2.05) is 6.07 Å². The van der Waals surface area contributed by atoms with Gasteiger partial charge < -0.3 is 14.9 Å². The molecule has 0 aliphatic carbocycles. The fraction of sp³-hybridized carbons (Fsp3) is 0.455. The van der Waals surface area contributed by atoms with Crippen LogP contribution in [0.2, 0.25) is 0 Å². The Morgan fingerprint density at radius 3 is 2.71 bits per heavy atom. The monoisotopic (exact) mass is 301 g/mol. The maximum absolute atomic E-state index is 11.8. The van der Waals surface area contributed by atoms with Crippen LogP contribution >= 0.6 is 15.9 Å². The predicted octanol–water partition coefficient (Wildman–Crippen LogP) is 1.32. The highest BCUT2D eigenvalue weighted by Gasteiger charge is 2.15. The SMILES string of the molecule is CN(C)C(=O)N(CCO)Cc1cncc(Br)c1.